The van der Waals surface area contributed by atoms with E-state index >= 15 is 0 Å². The van der Waals surface area contributed by atoms with Gasteiger partial charge in [-0.2, -0.15) is 5.01 Å². The summed E-state index contributed by atoms with van der Waals surface area (Å²) >= 11 is 0. The van der Waals surface area contributed by atoms with Crippen LogP contribution in [-0.2, 0) is 4.79 Å². The first kappa shape index (κ1) is 10.9. The molecule has 3 rings (SSSR count). The molecule has 0 amide bonds. The molecule has 1 aromatic rings. The first-order chi connectivity index (χ1) is 8.66. The van der Waals surface area contributed by atoms with Gasteiger partial charge in [-0.3, -0.25) is 5.01 Å². The molecule has 94 valence electrons. The molecule has 6 nitrogen and oxygen atoms in total. The number of benzene rings is 1. The van der Waals surface area contributed by atoms with Crippen molar-refractivity contribution in [1.29, 1.82) is 0 Å². The lowest BCUT2D eigenvalue weighted by molar-refractivity contribution is -0.132. The number of anilines is 1. The van der Waals surface area contributed by atoms with Crippen molar-refractivity contribution in [2.45, 2.75) is 0 Å². The summed E-state index contributed by atoms with van der Waals surface area (Å²) in [7, 11) is 0. The highest BCUT2D eigenvalue weighted by atomic mass is 16.4. The average Bonchev–Trinajstić information content (AvgIpc) is 2.91. The number of para-hydroxylation sites is 1. The van der Waals surface area contributed by atoms with Gasteiger partial charge in [0.15, 0.2) is 0 Å². The van der Waals surface area contributed by atoms with Crippen molar-refractivity contribution in [3.8, 4) is 0 Å². The van der Waals surface area contributed by atoms with Gasteiger partial charge in [0.05, 0.1) is 18.8 Å². The summed E-state index contributed by atoms with van der Waals surface area (Å²) in [6.45, 7) is 1.61. The van der Waals surface area contributed by atoms with Crippen molar-refractivity contribution >= 4 is 11.7 Å². The summed E-state index contributed by atoms with van der Waals surface area (Å²) < 4.78 is 0. The van der Waals surface area contributed by atoms with E-state index in [9.17, 15) is 4.79 Å². The Morgan fingerprint density at radius 2 is 1.94 bits per heavy atom. The molecule has 0 unspecified atom stereocenters. The molecular weight excluding hydrogens is 232 g/mol. The van der Waals surface area contributed by atoms with Crippen molar-refractivity contribution in [1.82, 2.24) is 10.0 Å². The summed E-state index contributed by atoms with van der Waals surface area (Å²) in [6, 6.07) is 9.99. The van der Waals surface area contributed by atoms with Gasteiger partial charge in [-0.1, -0.05) is 18.2 Å². The number of aliphatic carboxylic acids is 1. The number of nitrogens with two attached hydrogens (primary N) is 1. The highest BCUT2D eigenvalue weighted by molar-refractivity contribution is 5.88. The van der Waals surface area contributed by atoms with Crippen LogP contribution in [0.5, 0.6) is 0 Å². The lowest BCUT2D eigenvalue weighted by Gasteiger charge is -2.19. The van der Waals surface area contributed by atoms with E-state index < -0.39 is 5.97 Å². The van der Waals surface area contributed by atoms with Crippen LogP contribution in [-0.4, -0.2) is 41.0 Å². The normalized spacial score (nSPS) is 19.6. The molecule has 2 aliphatic heterocycles. The molecule has 2 aliphatic rings. The number of carbonyl (C=O) groups is 1. The summed E-state index contributed by atoms with van der Waals surface area (Å²) in [5.74, 6) is -0.589. The highest BCUT2D eigenvalue weighted by Gasteiger charge is 2.38. The molecule has 0 aliphatic carbocycles. The monoisotopic (exact) mass is 246 g/mol. The lowest BCUT2D eigenvalue weighted by Crippen LogP contribution is -2.32. The third-order valence-corrected chi connectivity index (χ3v) is 3.29. The maximum Gasteiger partial charge on any atom is 0.336 e. The van der Waals surface area contributed by atoms with Crippen LogP contribution in [0.25, 0.3) is 0 Å². The van der Waals surface area contributed by atoms with Gasteiger partial charge in [0.1, 0.15) is 12.5 Å². The van der Waals surface area contributed by atoms with Crippen LogP contribution in [0.2, 0.25) is 0 Å². The summed E-state index contributed by atoms with van der Waals surface area (Å²) in [6.07, 6.45) is 0. The highest BCUT2D eigenvalue weighted by Crippen LogP contribution is 2.28. The molecule has 6 heteroatoms. The minimum atomic E-state index is -0.937. The molecule has 0 radical (unpaired) electrons. The van der Waals surface area contributed by atoms with Gasteiger partial charge >= 0.3 is 5.97 Å². The number of hydrogen-bond acceptors (Lipinski definition) is 5. The van der Waals surface area contributed by atoms with E-state index in [1.54, 1.807) is 0 Å². The summed E-state index contributed by atoms with van der Waals surface area (Å²) in [5.41, 5.74) is 7.25. The molecule has 3 N–H and O–H groups in total. The van der Waals surface area contributed by atoms with Gasteiger partial charge in [-0.15, -0.1) is 0 Å². The Hall–Kier alpha value is -2.21. The maximum absolute atomic E-state index is 11.0. The van der Waals surface area contributed by atoms with Gasteiger partial charge in [-0.25, -0.2) is 4.79 Å². The second-order valence-corrected chi connectivity index (χ2v) is 4.39. The molecule has 1 fully saturated rings. The first-order valence-corrected chi connectivity index (χ1v) is 5.71. The Kier molecular flexibility index (Phi) is 2.38. The quantitative estimate of drug-likeness (QED) is 0.777. The molecular formula is C12H14N4O2. The van der Waals surface area contributed by atoms with Crippen LogP contribution in [0.4, 0.5) is 5.69 Å². The van der Waals surface area contributed by atoms with Crippen molar-refractivity contribution in [3.05, 3.63) is 41.7 Å². The van der Waals surface area contributed by atoms with E-state index in [0.29, 0.717) is 25.7 Å². The zero-order valence-electron chi connectivity index (χ0n) is 9.78. The van der Waals surface area contributed by atoms with E-state index in [-0.39, 0.29) is 5.57 Å². The SMILES string of the molecule is NC1=C(C(=O)O)CN2CN(c3ccccc3)CN12. The van der Waals surface area contributed by atoms with Crippen LogP contribution in [0.15, 0.2) is 41.7 Å². The van der Waals surface area contributed by atoms with Gasteiger partial charge in [-0.05, 0) is 12.1 Å². The molecule has 18 heavy (non-hydrogen) atoms. The number of carboxylic acids is 1. The van der Waals surface area contributed by atoms with Crippen molar-refractivity contribution in [2.24, 2.45) is 5.73 Å². The minimum absolute atomic E-state index is 0.280. The molecule has 0 aromatic heterocycles. The third-order valence-electron chi connectivity index (χ3n) is 3.29. The summed E-state index contributed by atoms with van der Waals surface area (Å²) in [5, 5.41) is 12.8. The summed E-state index contributed by atoms with van der Waals surface area (Å²) in [4.78, 5) is 13.1. The largest absolute Gasteiger partial charge is 0.478 e. The van der Waals surface area contributed by atoms with Crippen LogP contribution in [0.1, 0.15) is 0 Å². The fourth-order valence-corrected chi connectivity index (χ4v) is 2.33. The predicted octanol–water partition coefficient (Wildman–Crippen LogP) is 0.209. The smallest absolute Gasteiger partial charge is 0.336 e. The van der Waals surface area contributed by atoms with Crippen LogP contribution in [0.3, 0.4) is 0 Å². The predicted molar refractivity (Wildman–Crippen MR) is 66.0 cm³/mol. The zero-order chi connectivity index (χ0) is 12.7. The van der Waals surface area contributed by atoms with Crippen LogP contribution >= 0.6 is 0 Å². The van der Waals surface area contributed by atoms with E-state index in [1.165, 1.54) is 0 Å². The molecule has 2 heterocycles. The fourth-order valence-electron chi connectivity index (χ4n) is 2.33. The third kappa shape index (κ3) is 1.58. The van der Waals surface area contributed by atoms with Crippen molar-refractivity contribution < 1.29 is 9.90 Å². The Labute approximate surface area is 104 Å². The van der Waals surface area contributed by atoms with Crippen LogP contribution in [0, 0.1) is 0 Å². The Morgan fingerprint density at radius 1 is 1.22 bits per heavy atom. The Balaban J connectivity index is 1.81. The number of hydrogen-bond donors (Lipinski definition) is 2. The molecule has 0 spiro atoms. The van der Waals surface area contributed by atoms with E-state index in [2.05, 4.69) is 4.90 Å². The molecule has 0 bridgehead atoms. The first-order valence-electron chi connectivity index (χ1n) is 5.71. The van der Waals surface area contributed by atoms with Crippen molar-refractivity contribution in [2.75, 3.05) is 24.8 Å². The Bertz CT molecular complexity index is 514. The number of rotatable bonds is 2. The number of hydrazine groups is 1. The molecule has 0 atom stereocenters. The number of nitrogens with zero attached hydrogens (tertiary/aromatic N) is 3. The van der Waals surface area contributed by atoms with Gasteiger partial charge in [0.2, 0.25) is 0 Å². The van der Waals surface area contributed by atoms with E-state index in [4.69, 9.17) is 10.8 Å². The molecule has 0 saturated carbocycles. The molecule has 1 saturated heterocycles. The topological polar surface area (TPSA) is 73.0 Å². The van der Waals surface area contributed by atoms with Crippen LogP contribution < -0.4 is 10.6 Å². The number of fused-ring (bicyclic) bond motifs is 1. The van der Waals surface area contributed by atoms with E-state index in [0.717, 1.165) is 5.69 Å². The zero-order valence-corrected chi connectivity index (χ0v) is 9.78. The fraction of sp³-hybridized carbons (Fsp3) is 0.250. The standard InChI is InChI=1S/C12H14N4O2/c13-11-10(12(17)18)6-15-7-14(8-16(11)15)9-4-2-1-3-5-9/h1-5H,6-8,13H2,(H,17,18). The average molecular weight is 246 g/mol. The van der Waals surface area contributed by atoms with Gasteiger partial charge in [0, 0.05) is 5.69 Å². The molecule has 1 aromatic carbocycles. The second-order valence-electron chi connectivity index (χ2n) is 4.39. The van der Waals surface area contributed by atoms with E-state index in [1.807, 2.05) is 40.3 Å². The van der Waals surface area contributed by atoms with Gasteiger partial charge in [0.25, 0.3) is 0 Å². The second kappa shape index (κ2) is 3.92. The minimum Gasteiger partial charge on any atom is -0.478 e. The van der Waals surface area contributed by atoms with Gasteiger partial charge < -0.3 is 15.7 Å². The lowest BCUT2D eigenvalue weighted by atomic mass is 10.2. The Morgan fingerprint density at radius 3 is 2.56 bits per heavy atom. The maximum atomic E-state index is 11.0. The number of carboxylic acid groups (broad SMARTS) is 1. The van der Waals surface area contributed by atoms with Crippen molar-refractivity contribution in [3.63, 3.8) is 0 Å².